The predicted molar refractivity (Wildman–Crippen MR) is 106 cm³/mol. The van der Waals surface area contributed by atoms with Crippen LogP contribution in [0.15, 0.2) is 36.7 Å². The van der Waals surface area contributed by atoms with E-state index in [4.69, 9.17) is 0 Å². The fourth-order valence-electron chi connectivity index (χ4n) is 3.93. The smallest absolute Gasteiger partial charge is 0.315 e. The molecule has 4 rings (SSSR count). The van der Waals surface area contributed by atoms with Gasteiger partial charge in [-0.2, -0.15) is 0 Å². The largest absolute Gasteiger partial charge is 0.367 e. The van der Waals surface area contributed by atoms with E-state index >= 15 is 0 Å². The zero-order chi connectivity index (χ0) is 20.2. The Hall–Kier alpha value is -2.97. The minimum atomic E-state index is -0.593. The van der Waals surface area contributed by atoms with Crippen molar-refractivity contribution < 1.29 is 13.6 Å². The third-order valence-corrected chi connectivity index (χ3v) is 5.44. The van der Waals surface area contributed by atoms with Gasteiger partial charge in [-0.05, 0) is 37.5 Å². The number of benzene rings is 1. The Morgan fingerprint density at radius 1 is 0.966 bits per heavy atom. The summed E-state index contributed by atoms with van der Waals surface area (Å²) in [6.07, 6.45) is 5.81. The van der Waals surface area contributed by atoms with E-state index in [0.29, 0.717) is 25.2 Å². The molecule has 2 aliphatic heterocycles. The highest BCUT2D eigenvalue weighted by molar-refractivity contribution is 5.74. The van der Waals surface area contributed by atoms with Gasteiger partial charge < -0.3 is 20.4 Å². The lowest BCUT2D eigenvalue weighted by Gasteiger charge is -2.32. The normalized spacial score (nSPS) is 20.0. The number of nitrogens with zero attached hydrogens (tertiary/aromatic N) is 4. The number of urea groups is 1. The lowest BCUT2D eigenvalue weighted by molar-refractivity contribution is 0.231. The number of carbonyl (C=O) groups excluding carboxylic acids is 1. The van der Waals surface area contributed by atoms with E-state index in [-0.39, 0.29) is 18.1 Å². The molecule has 0 saturated carbocycles. The van der Waals surface area contributed by atoms with Gasteiger partial charge in [-0.15, -0.1) is 0 Å². The number of rotatable bonds is 4. The molecule has 0 aliphatic carbocycles. The molecule has 3 heterocycles. The second kappa shape index (κ2) is 8.59. The van der Waals surface area contributed by atoms with Crippen LogP contribution in [0.3, 0.4) is 0 Å². The molecule has 1 aromatic heterocycles. The summed E-state index contributed by atoms with van der Waals surface area (Å²) in [5.74, 6) is -0.455. The zero-order valence-corrected chi connectivity index (χ0v) is 16.0. The van der Waals surface area contributed by atoms with Gasteiger partial charge in [0.1, 0.15) is 11.6 Å². The molecule has 0 radical (unpaired) electrons. The van der Waals surface area contributed by atoms with E-state index in [1.807, 2.05) is 4.90 Å². The molecule has 2 fully saturated rings. The summed E-state index contributed by atoms with van der Waals surface area (Å²) in [5.41, 5.74) is 0.367. The molecule has 2 aliphatic rings. The molecule has 1 aromatic carbocycles. The number of hydrogen-bond donors (Lipinski definition) is 2. The van der Waals surface area contributed by atoms with Gasteiger partial charge in [0.05, 0.1) is 5.69 Å². The van der Waals surface area contributed by atoms with Crippen LogP contribution in [0, 0.1) is 11.6 Å². The topological polar surface area (TPSA) is 73.4 Å². The van der Waals surface area contributed by atoms with Gasteiger partial charge in [-0.3, -0.25) is 0 Å². The molecule has 9 heteroatoms. The molecule has 2 amide bonds. The van der Waals surface area contributed by atoms with E-state index in [1.54, 1.807) is 18.5 Å². The van der Waals surface area contributed by atoms with Crippen LogP contribution in [0.1, 0.15) is 19.3 Å². The molecular formula is C20H24F2N6O. The Kier molecular flexibility index (Phi) is 5.73. The maximum atomic E-state index is 14.0. The number of piperidine rings is 1. The number of aromatic nitrogens is 2. The number of amides is 2. The maximum absolute atomic E-state index is 14.0. The highest BCUT2D eigenvalue weighted by Crippen LogP contribution is 2.24. The number of hydrogen-bond acceptors (Lipinski definition) is 5. The first-order valence-electron chi connectivity index (χ1n) is 9.87. The number of nitrogens with one attached hydrogen (secondary N) is 2. The molecule has 0 spiro atoms. The fraction of sp³-hybridized carbons (Fsp3) is 0.450. The monoisotopic (exact) mass is 402 g/mol. The van der Waals surface area contributed by atoms with Gasteiger partial charge >= 0.3 is 6.03 Å². The number of halogens is 2. The fourth-order valence-corrected chi connectivity index (χ4v) is 3.93. The molecule has 154 valence electrons. The third-order valence-electron chi connectivity index (χ3n) is 5.44. The van der Waals surface area contributed by atoms with Crippen molar-refractivity contribution >= 4 is 17.7 Å². The molecule has 1 unspecified atom stereocenters. The van der Waals surface area contributed by atoms with E-state index in [9.17, 15) is 13.6 Å². The SMILES string of the molecule is O=C(NC1CCN(c2ncccn2)CC1)NC1CCN(c2ccc(F)cc2F)C1. The van der Waals surface area contributed by atoms with Crippen molar-refractivity contribution in [3.05, 3.63) is 48.3 Å². The molecular weight excluding hydrogens is 378 g/mol. The molecule has 7 nitrogen and oxygen atoms in total. The third kappa shape index (κ3) is 4.72. The van der Waals surface area contributed by atoms with Crippen molar-refractivity contribution in [3.8, 4) is 0 Å². The van der Waals surface area contributed by atoms with E-state index < -0.39 is 11.6 Å². The van der Waals surface area contributed by atoms with Crippen LogP contribution < -0.4 is 20.4 Å². The molecule has 29 heavy (non-hydrogen) atoms. The van der Waals surface area contributed by atoms with E-state index in [0.717, 1.165) is 37.9 Å². The molecule has 0 bridgehead atoms. The minimum Gasteiger partial charge on any atom is -0.367 e. The quantitative estimate of drug-likeness (QED) is 0.821. The van der Waals surface area contributed by atoms with Crippen molar-refractivity contribution in [2.24, 2.45) is 0 Å². The lowest BCUT2D eigenvalue weighted by atomic mass is 10.1. The minimum absolute atomic E-state index is 0.0720. The van der Waals surface area contributed by atoms with Crippen molar-refractivity contribution in [2.75, 3.05) is 36.0 Å². The molecule has 1 atom stereocenters. The summed E-state index contributed by atoms with van der Waals surface area (Å²) in [4.78, 5) is 24.8. The van der Waals surface area contributed by atoms with Gasteiger partial charge in [0.2, 0.25) is 5.95 Å². The van der Waals surface area contributed by atoms with Crippen molar-refractivity contribution in [2.45, 2.75) is 31.3 Å². The predicted octanol–water partition coefficient (Wildman–Crippen LogP) is 2.30. The summed E-state index contributed by atoms with van der Waals surface area (Å²) in [5, 5.41) is 6.00. The first kappa shape index (κ1) is 19.4. The van der Waals surface area contributed by atoms with Crippen LogP contribution in [-0.2, 0) is 0 Å². The van der Waals surface area contributed by atoms with Crippen molar-refractivity contribution in [1.82, 2.24) is 20.6 Å². The van der Waals surface area contributed by atoms with Crippen LogP contribution in [0.5, 0.6) is 0 Å². The summed E-state index contributed by atoms with van der Waals surface area (Å²) in [6, 6.07) is 5.19. The van der Waals surface area contributed by atoms with Gasteiger partial charge in [-0.1, -0.05) is 0 Å². The van der Waals surface area contributed by atoms with Crippen molar-refractivity contribution in [1.29, 1.82) is 0 Å². The Balaban J connectivity index is 1.22. The molecule has 2 saturated heterocycles. The Morgan fingerprint density at radius 3 is 2.34 bits per heavy atom. The number of anilines is 2. The van der Waals surface area contributed by atoms with Crippen LogP contribution in [0.25, 0.3) is 0 Å². The first-order valence-corrected chi connectivity index (χ1v) is 9.87. The second-order valence-electron chi connectivity index (χ2n) is 7.46. The summed E-state index contributed by atoms with van der Waals surface area (Å²) in [6.45, 7) is 2.69. The standard InChI is InChI=1S/C20H24F2N6O/c21-14-2-3-18(17(22)12-14)28-11-6-16(13-28)26-20(29)25-15-4-9-27(10-5-15)19-23-7-1-8-24-19/h1-3,7-8,12,15-16H,4-6,9-11,13H2,(H2,25,26,29). The maximum Gasteiger partial charge on any atom is 0.315 e. The Labute approximate surface area is 168 Å². The molecule has 2 N–H and O–H groups in total. The van der Waals surface area contributed by atoms with Crippen LogP contribution >= 0.6 is 0 Å². The highest BCUT2D eigenvalue weighted by atomic mass is 19.1. The zero-order valence-electron chi connectivity index (χ0n) is 16.0. The average molecular weight is 402 g/mol. The second-order valence-corrected chi connectivity index (χ2v) is 7.46. The van der Waals surface area contributed by atoms with E-state index in [1.165, 1.54) is 12.1 Å². The van der Waals surface area contributed by atoms with Gasteiger partial charge in [-0.25, -0.2) is 23.5 Å². The van der Waals surface area contributed by atoms with Crippen LogP contribution in [-0.4, -0.2) is 54.3 Å². The van der Waals surface area contributed by atoms with Crippen molar-refractivity contribution in [3.63, 3.8) is 0 Å². The van der Waals surface area contributed by atoms with Crippen LogP contribution in [0.4, 0.5) is 25.2 Å². The van der Waals surface area contributed by atoms with Gasteiger partial charge in [0, 0.05) is 56.7 Å². The molecule has 2 aromatic rings. The Morgan fingerprint density at radius 2 is 1.62 bits per heavy atom. The first-order chi connectivity index (χ1) is 14.1. The average Bonchev–Trinajstić information content (AvgIpc) is 3.17. The van der Waals surface area contributed by atoms with Crippen LogP contribution in [0.2, 0.25) is 0 Å². The van der Waals surface area contributed by atoms with Gasteiger partial charge in [0.15, 0.2) is 0 Å². The summed E-state index contributed by atoms with van der Waals surface area (Å²) in [7, 11) is 0. The number of carbonyl (C=O) groups is 1. The highest BCUT2D eigenvalue weighted by Gasteiger charge is 2.27. The lowest BCUT2D eigenvalue weighted by Crippen LogP contribution is -2.50. The Bertz CT molecular complexity index is 844. The summed E-state index contributed by atoms with van der Waals surface area (Å²) < 4.78 is 27.1. The van der Waals surface area contributed by atoms with Gasteiger partial charge in [0.25, 0.3) is 0 Å². The summed E-state index contributed by atoms with van der Waals surface area (Å²) >= 11 is 0. The van der Waals surface area contributed by atoms with E-state index in [2.05, 4.69) is 25.5 Å².